The van der Waals surface area contributed by atoms with Crippen molar-refractivity contribution in [2.24, 2.45) is 4.99 Å². The Morgan fingerprint density at radius 3 is 1.79 bits per heavy atom. The van der Waals surface area contributed by atoms with Gasteiger partial charge in [-0.15, -0.1) is 0 Å². The number of carbonyl (C=O) groups is 2. The summed E-state index contributed by atoms with van der Waals surface area (Å²) in [5.41, 5.74) is 1.98. The molecule has 0 bridgehead atoms. The SMILES string of the molecule is CC1=C(C)CC(=NC2N(C(=O)OC(C)(C)C)CCN2C(=O)OC(C)(C)C)C=C1. The number of aliphatic imine (C=N–C) groups is 1. The molecule has 1 aliphatic carbocycles. The van der Waals surface area contributed by atoms with Crippen LogP contribution >= 0.6 is 0 Å². The van der Waals surface area contributed by atoms with E-state index in [4.69, 9.17) is 14.5 Å². The van der Waals surface area contributed by atoms with Gasteiger partial charge in [0.05, 0.1) is 0 Å². The van der Waals surface area contributed by atoms with Crippen LogP contribution in [0.15, 0.2) is 28.3 Å². The highest BCUT2D eigenvalue weighted by atomic mass is 16.6. The number of rotatable bonds is 1. The van der Waals surface area contributed by atoms with Gasteiger partial charge in [-0.25, -0.2) is 14.6 Å². The van der Waals surface area contributed by atoms with Gasteiger partial charge < -0.3 is 9.47 Å². The van der Waals surface area contributed by atoms with Crippen molar-refractivity contribution in [1.82, 2.24) is 9.80 Å². The van der Waals surface area contributed by atoms with E-state index in [2.05, 4.69) is 13.8 Å². The second kappa shape index (κ2) is 7.97. The molecule has 0 spiro atoms. The van der Waals surface area contributed by atoms with E-state index in [9.17, 15) is 9.59 Å². The fourth-order valence-corrected chi connectivity index (χ4v) is 2.84. The number of amides is 2. The lowest BCUT2D eigenvalue weighted by atomic mass is 9.99. The van der Waals surface area contributed by atoms with Crippen molar-refractivity contribution in [3.8, 4) is 0 Å². The molecule has 1 heterocycles. The van der Waals surface area contributed by atoms with E-state index in [-0.39, 0.29) is 0 Å². The molecule has 1 fully saturated rings. The zero-order valence-corrected chi connectivity index (χ0v) is 18.3. The molecule has 1 saturated heterocycles. The van der Waals surface area contributed by atoms with E-state index < -0.39 is 29.7 Å². The highest BCUT2D eigenvalue weighted by Crippen LogP contribution is 2.24. The molecule has 0 saturated carbocycles. The first-order chi connectivity index (χ1) is 12.8. The van der Waals surface area contributed by atoms with E-state index in [1.54, 1.807) is 0 Å². The van der Waals surface area contributed by atoms with E-state index in [0.29, 0.717) is 19.5 Å². The zero-order valence-electron chi connectivity index (χ0n) is 18.3. The van der Waals surface area contributed by atoms with Crippen LogP contribution in [-0.4, -0.2) is 58.3 Å². The van der Waals surface area contributed by atoms with E-state index in [0.717, 1.165) is 5.71 Å². The minimum Gasteiger partial charge on any atom is -0.444 e. The number of hydrogen-bond acceptors (Lipinski definition) is 5. The van der Waals surface area contributed by atoms with Crippen LogP contribution in [0.1, 0.15) is 61.8 Å². The van der Waals surface area contributed by atoms with E-state index in [1.165, 1.54) is 20.9 Å². The summed E-state index contributed by atoms with van der Waals surface area (Å²) in [6.07, 6.45) is 2.86. The Bertz CT molecular complexity index is 687. The van der Waals surface area contributed by atoms with Crippen molar-refractivity contribution in [3.05, 3.63) is 23.3 Å². The summed E-state index contributed by atoms with van der Waals surface area (Å²) in [4.78, 5) is 33.1. The van der Waals surface area contributed by atoms with Gasteiger partial charge in [0, 0.05) is 25.2 Å². The van der Waals surface area contributed by atoms with Crippen LogP contribution in [-0.2, 0) is 9.47 Å². The highest BCUT2D eigenvalue weighted by molar-refractivity contribution is 5.98. The first-order valence-corrected chi connectivity index (χ1v) is 9.67. The van der Waals surface area contributed by atoms with Gasteiger partial charge in [0.15, 0.2) is 0 Å². The molecule has 0 radical (unpaired) electrons. The maximum absolute atomic E-state index is 12.7. The number of hydrogen-bond donors (Lipinski definition) is 0. The van der Waals surface area contributed by atoms with Crippen molar-refractivity contribution in [2.45, 2.75) is 79.3 Å². The van der Waals surface area contributed by atoms with Gasteiger partial charge in [0.1, 0.15) is 11.2 Å². The van der Waals surface area contributed by atoms with Gasteiger partial charge in [-0.2, -0.15) is 0 Å². The molecule has 7 nitrogen and oxygen atoms in total. The van der Waals surface area contributed by atoms with Crippen molar-refractivity contribution in [2.75, 3.05) is 13.1 Å². The standard InChI is InChI=1S/C21H33N3O4/c1-14-9-10-16(13-15(14)2)22-17-23(18(25)27-20(3,4)5)11-12-24(17)19(26)28-21(6,7)8/h9-10,17H,11-13H2,1-8H3. The van der Waals surface area contributed by atoms with Gasteiger partial charge in [-0.3, -0.25) is 9.80 Å². The first-order valence-electron chi connectivity index (χ1n) is 9.67. The third-order valence-corrected chi connectivity index (χ3v) is 4.32. The lowest BCUT2D eigenvalue weighted by Gasteiger charge is -2.31. The Morgan fingerprint density at radius 2 is 1.39 bits per heavy atom. The molecule has 0 N–H and O–H groups in total. The number of carbonyl (C=O) groups excluding carboxylic acids is 2. The molecule has 1 aliphatic heterocycles. The highest BCUT2D eigenvalue weighted by Gasteiger charge is 2.41. The molecule has 0 atom stereocenters. The summed E-state index contributed by atoms with van der Waals surface area (Å²) in [6, 6.07) is 0. The lowest BCUT2D eigenvalue weighted by Crippen LogP contribution is -2.46. The molecule has 28 heavy (non-hydrogen) atoms. The van der Waals surface area contributed by atoms with Gasteiger partial charge >= 0.3 is 12.2 Å². The fraction of sp³-hybridized carbons (Fsp3) is 0.667. The zero-order chi connectivity index (χ0) is 21.3. The number of nitrogens with zero attached hydrogens (tertiary/aromatic N) is 3. The van der Waals surface area contributed by atoms with Crippen LogP contribution in [0, 0.1) is 0 Å². The molecule has 2 rings (SSSR count). The maximum atomic E-state index is 12.7. The van der Waals surface area contributed by atoms with Crippen molar-refractivity contribution < 1.29 is 19.1 Å². The quantitative estimate of drug-likeness (QED) is 0.660. The monoisotopic (exact) mass is 391 g/mol. The molecule has 156 valence electrons. The van der Waals surface area contributed by atoms with Gasteiger partial charge in [-0.05, 0) is 61.5 Å². The van der Waals surface area contributed by atoms with Crippen molar-refractivity contribution in [1.29, 1.82) is 0 Å². The van der Waals surface area contributed by atoms with E-state index in [1.807, 2.05) is 53.7 Å². The molecule has 2 aliphatic rings. The molecule has 0 aromatic rings. The Hall–Kier alpha value is -2.31. The molecular formula is C21H33N3O4. The maximum Gasteiger partial charge on any atom is 0.413 e. The molecule has 7 heteroatoms. The number of allylic oxidation sites excluding steroid dienone is 4. The predicted octanol–water partition coefficient (Wildman–Crippen LogP) is 4.50. The van der Waals surface area contributed by atoms with Gasteiger partial charge in [0.2, 0.25) is 6.29 Å². The van der Waals surface area contributed by atoms with Crippen molar-refractivity contribution >= 4 is 17.9 Å². The van der Waals surface area contributed by atoms with Crippen LogP contribution < -0.4 is 0 Å². The van der Waals surface area contributed by atoms with Crippen LogP contribution in [0.5, 0.6) is 0 Å². The molecular weight excluding hydrogens is 358 g/mol. The van der Waals surface area contributed by atoms with Crippen LogP contribution in [0.3, 0.4) is 0 Å². The second-order valence-corrected chi connectivity index (χ2v) is 9.29. The second-order valence-electron chi connectivity index (χ2n) is 9.29. The summed E-state index contributed by atoms with van der Waals surface area (Å²) >= 11 is 0. The smallest absolute Gasteiger partial charge is 0.413 e. The van der Waals surface area contributed by atoms with E-state index >= 15 is 0 Å². The predicted molar refractivity (Wildman–Crippen MR) is 109 cm³/mol. The Kier molecular flexibility index (Phi) is 6.26. The molecule has 2 amide bonds. The summed E-state index contributed by atoms with van der Waals surface area (Å²) in [7, 11) is 0. The molecule has 0 unspecified atom stereocenters. The summed E-state index contributed by atoms with van der Waals surface area (Å²) in [5, 5.41) is 0. The Balaban J connectivity index is 2.30. The van der Waals surface area contributed by atoms with Crippen LogP contribution in [0.4, 0.5) is 9.59 Å². The summed E-state index contributed by atoms with van der Waals surface area (Å²) in [5.74, 6) is 0. The fourth-order valence-electron chi connectivity index (χ4n) is 2.84. The first kappa shape index (κ1) is 22.0. The topological polar surface area (TPSA) is 71.4 Å². The summed E-state index contributed by atoms with van der Waals surface area (Å²) in [6.45, 7) is 15.7. The third kappa shape index (κ3) is 5.84. The average Bonchev–Trinajstić information content (AvgIpc) is 2.91. The van der Waals surface area contributed by atoms with Crippen LogP contribution in [0.2, 0.25) is 0 Å². The van der Waals surface area contributed by atoms with Gasteiger partial charge in [-0.1, -0.05) is 17.2 Å². The van der Waals surface area contributed by atoms with Crippen LogP contribution in [0.25, 0.3) is 0 Å². The largest absolute Gasteiger partial charge is 0.444 e. The molecule has 0 aromatic heterocycles. The molecule has 0 aromatic carbocycles. The third-order valence-electron chi connectivity index (χ3n) is 4.32. The lowest BCUT2D eigenvalue weighted by molar-refractivity contribution is 0.00195. The normalized spacial score (nSPS) is 20.2. The Morgan fingerprint density at radius 1 is 0.929 bits per heavy atom. The van der Waals surface area contributed by atoms with Crippen molar-refractivity contribution in [3.63, 3.8) is 0 Å². The number of ether oxygens (including phenoxy) is 2. The minimum absolute atomic E-state index is 0.340. The summed E-state index contributed by atoms with van der Waals surface area (Å²) < 4.78 is 11.0. The Labute approximate surface area is 168 Å². The average molecular weight is 392 g/mol. The van der Waals surface area contributed by atoms with Gasteiger partial charge in [0.25, 0.3) is 0 Å². The minimum atomic E-state index is -0.782.